The molecular formula is C28H31ClN2O4S. The van der Waals surface area contributed by atoms with Crippen molar-refractivity contribution in [2.24, 2.45) is 0 Å². The molecule has 2 atom stereocenters. The maximum Gasteiger partial charge on any atom is 0.254 e. The minimum atomic E-state index is -3.90. The average Bonchev–Trinajstić information content (AvgIpc) is 2.87. The van der Waals surface area contributed by atoms with E-state index in [0.29, 0.717) is 19.5 Å². The predicted octanol–water partition coefficient (Wildman–Crippen LogP) is 5.02. The molecule has 0 radical (unpaired) electrons. The number of carbonyl (C=O) groups excluding carboxylic acids is 1. The molecule has 1 amide bonds. The molecule has 3 aromatic carbocycles. The number of ether oxygens (including phenoxy) is 1. The number of rotatable bonds is 8. The second-order valence-electron chi connectivity index (χ2n) is 9.17. The van der Waals surface area contributed by atoms with Crippen LogP contribution in [0, 0.1) is 0 Å². The Hall–Kier alpha value is -2.71. The van der Waals surface area contributed by atoms with E-state index in [9.17, 15) is 13.2 Å². The molecule has 1 fully saturated rings. The van der Waals surface area contributed by atoms with E-state index in [4.69, 9.17) is 16.3 Å². The highest BCUT2D eigenvalue weighted by Crippen LogP contribution is 2.29. The molecule has 1 aliphatic heterocycles. The first-order valence-corrected chi connectivity index (χ1v) is 13.9. The van der Waals surface area contributed by atoms with Crippen LogP contribution in [0.4, 0.5) is 0 Å². The van der Waals surface area contributed by atoms with E-state index in [1.165, 1.54) is 16.4 Å². The van der Waals surface area contributed by atoms with Gasteiger partial charge in [0, 0.05) is 31.7 Å². The summed E-state index contributed by atoms with van der Waals surface area (Å²) in [4.78, 5) is 15.4. The minimum Gasteiger partial charge on any atom is -0.373 e. The first-order chi connectivity index (χ1) is 17.2. The van der Waals surface area contributed by atoms with Gasteiger partial charge in [0.25, 0.3) is 5.91 Å². The quantitative estimate of drug-likeness (QED) is 0.413. The monoisotopic (exact) mass is 526 g/mol. The van der Waals surface area contributed by atoms with Crippen molar-refractivity contribution in [3.8, 4) is 0 Å². The molecule has 190 valence electrons. The molecule has 0 bridgehead atoms. The third-order valence-electron chi connectivity index (χ3n) is 6.20. The van der Waals surface area contributed by atoms with Crippen LogP contribution >= 0.6 is 11.6 Å². The Kier molecular flexibility index (Phi) is 8.46. The van der Waals surface area contributed by atoms with Gasteiger partial charge in [-0.15, -0.1) is 0 Å². The number of halogens is 1. The molecular weight excluding hydrogens is 496 g/mol. The Labute approximate surface area is 218 Å². The Morgan fingerprint density at radius 1 is 0.944 bits per heavy atom. The van der Waals surface area contributed by atoms with E-state index in [-0.39, 0.29) is 46.7 Å². The zero-order valence-electron chi connectivity index (χ0n) is 20.5. The van der Waals surface area contributed by atoms with Gasteiger partial charge in [0.1, 0.15) is 4.90 Å². The molecule has 36 heavy (non-hydrogen) atoms. The zero-order valence-corrected chi connectivity index (χ0v) is 22.1. The highest BCUT2D eigenvalue weighted by atomic mass is 35.5. The van der Waals surface area contributed by atoms with E-state index < -0.39 is 10.0 Å². The van der Waals surface area contributed by atoms with Crippen LogP contribution in [0.25, 0.3) is 0 Å². The summed E-state index contributed by atoms with van der Waals surface area (Å²) < 4.78 is 34.1. The molecule has 1 heterocycles. The number of benzene rings is 3. The summed E-state index contributed by atoms with van der Waals surface area (Å²) in [6.07, 6.45) is 0.222. The third kappa shape index (κ3) is 6.34. The number of hydrogen-bond acceptors (Lipinski definition) is 4. The highest BCUT2D eigenvalue weighted by molar-refractivity contribution is 7.89. The van der Waals surface area contributed by atoms with Crippen LogP contribution in [0.15, 0.2) is 83.8 Å². The second-order valence-corrected chi connectivity index (χ2v) is 11.5. The lowest BCUT2D eigenvalue weighted by atomic mass is 10.1. The number of morpholine rings is 1. The van der Waals surface area contributed by atoms with Crippen molar-refractivity contribution < 1.29 is 17.9 Å². The summed E-state index contributed by atoms with van der Waals surface area (Å²) in [7, 11) is -3.90. The van der Waals surface area contributed by atoms with Gasteiger partial charge in [-0.2, -0.15) is 4.31 Å². The average molecular weight is 527 g/mol. The molecule has 4 rings (SSSR count). The van der Waals surface area contributed by atoms with Crippen LogP contribution in [0.1, 0.15) is 35.3 Å². The van der Waals surface area contributed by atoms with Gasteiger partial charge in [0.2, 0.25) is 10.0 Å². The molecule has 0 aromatic heterocycles. The summed E-state index contributed by atoms with van der Waals surface area (Å²) in [5.74, 6) is -0.244. The molecule has 0 aliphatic carbocycles. The lowest BCUT2D eigenvalue weighted by molar-refractivity contribution is -0.0440. The van der Waals surface area contributed by atoms with Gasteiger partial charge < -0.3 is 9.64 Å². The molecule has 0 spiro atoms. The molecule has 6 nitrogen and oxygen atoms in total. The molecule has 0 saturated carbocycles. The Morgan fingerprint density at radius 3 is 2.14 bits per heavy atom. The smallest absolute Gasteiger partial charge is 0.254 e. The summed E-state index contributed by atoms with van der Waals surface area (Å²) in [6, 6.07) is 24.2. The van der Waals surface area contributed by atoms with Crippen molar-refractivity contribution in [2.75, 3.05) is 19.6 Å². The summed E-state index contributed by atoms with van der Waals surface area (Å²) in [5, 5.41) is 0.0947. The molecule has 1 saturated heterocycles. The van der Waals surface area contributed by atoms with Crippen molar-refractivity contribution >= 4 is 27.5 Å². The number of sulfonamides is 1. The third-order valence-corrected chi connectivity index (χ3v) is 8.51. The van der Waals surface area contributed by atoms with Gasteiger partial charge in [0.15, 0.2) is 0 Å². The Balaban J connectivity index is 1.62. The van der Waals surface area contributed by atoms with E-state index >= 15 is 0 Å². The van der Waals surface area contributed by atoms with Crippen LogP contribution in [-0.4, -0.2) is 55.4 Å². The lowest BCUT2D eigenvalue weighted by Gasteiger charge is -2.34. The maximum atomic E-state index is 13.7. The van der Waals surface area contributed by atoms with Crippen LogP contribution in [0.3, 0.4) is 0 Å². The van der Waals surface area contributed by atoms with Crippen LogP contribution in [0.5, 0.6) is 0 Å². The van der Waals surface area contributed by atoms with Crippen LogP contribution < -0.4 is 0 Å². The Bertz CT molecular complexity index is 1280. The Morgan fingerprint density at radius 2 is 1.53 bits per heavy atom. The predicted molar refractivity (Wildman–Crippen MR) is 142 cm³/mol. The van der Waals surface area contributed by atoms with Gasteiger partial charge >= 0.3 is 0 Å². The maximum absolute atomic E-state index is 13.7. The topological polar surface area (TPSA) is 66.9 Å². The molecule has 3 aromatic rings. The van der Waals surface area contributed by atoms with Crippen LogP contribution in [-0.2, 0) is 27.7 Å². The van der Waals surface area contributed by atoms with E-state index in [0.717, 1.165) is 11.1 Å². The fraction of sp³-hybridized carbons (Fsp3) is 0.321. The van der Waals surface area contributed by atoms with Gasteiger partial charge in [-0.05, 0) is 49.6 Å². The number of amides is 1. The summed E-state index contributed by atoms with van der Waals surface area (Å²) in [6.45, 7) is 5.05. The fourth-order valence-corrected chi connectivity index (χ4v) is 6.54. The molecule has 1 aliphatic rings. The summed E-state index contributed by atoms with van der Waals surface area (Å²) in [5.41, 5.74) is 2.41. The van der Waals surface area contributed by atoms with Crippen molar-refractivity contribution in [1.82, 2.24) is 9.21 Å². The van der Waals surface area contributed by atoms with Crippen molar-refractivity contribution in [3.05, 3.63) is 101 Å². The summed E-state index contributed by atoms with van der Waals surface area (Å²) >= 11 is 6.37. The normalized spacial score (nSPS) is 18.6. The fourth-order valence-electron chi connectivity index (χ4n) is 4.45. The number of nitrogens with zero attached hydrogens (tertiary/aromatic N) is 2. The van der Waals surface area contributed by atoms with Gasteiger partial charge in [-0.1, -0.05) is 72.3 Å². The first-order valence-electron chi connectivity index (χ1n) is 12.1. The van der Waals surface area contributed by atoms with Gasteiger partial charge in [-0.25, -0.2) is 8.42 Å². The van der Waals surface area contributed by atoms with E-state index in [1.807, 2.05) is 74.5 Å². The lowest BCUT2D eigenvalue weighted by Crippen LogP contribution is -2.48. The number of hydrogen-bond donors (Lipinski definition) is 0. The van der Waals surface area contributed by atoms with Crippen molar-refractivity contribution in [3.63, 3.8) is 0 Å². The first kappa shape index (κ1) is 26.4. The molecule has 0 unspecified atom stereocenters. The standard InChI is InChI=1S/C28H31ClN2O4S/c1-21-18-31(19-22(2)35-21)36(33,34)27-17-25(13-14-26(27)29)28(32)30(20-24-11-7-4-8-12-24)16-15-23-9-5-3-6-10-23/h3-14,17,21-22H,15-16,18-20H2,1-2H3/t21-,22-/m0/s1. The zero-order chi connectivity index (χ0) is 25.7. The van der Waals surface area contributed by atoms with Crippen LogP contribution in [0.2, 0.25) is 5.02 Å². The number of carbonyl (C=O) groups is 1. The largest absolute Gasteiger partial charge is 0.373 e. The molecule has 8 heteroatoms. The minimum absolute atomic E-state index is 0.0564. The SMILES string of the molecule is C[C@H]1CN(S(=O)(=O)c2cc(C(=O)N(CCc3ccccc3)Cc3ccccc3)ccc2Cl)C[C@H](C)O1. The van der Waals surface area contributed by atoms with E-state index in [1.54, 1.807) is 11.0 Å². The second kappa shape index (κ2) is 11.6. The highest BCUT2D eigenvalue weighted by Gasteiger charge is 2.34. The van der Waals surface area contributed by atoms with Crippen molar-refractivity contribution in [2.45, 2.75) is 43.9 Å². The van der Waals surface area contributed by atoms with Gasteiger partial charge in [0.05, 0.1) is 17.2 Å². The van der Waals surface area contributed by atoms with Crippen molar-refractivity contribution in [1.29, 1.82) is 0 Å². The molecule has 0 N–H and O–H groups in total. The van der Waals surface area contributed by atoms with Gasteiger partial charge in [-0.3, -0.25) is 4.79 Å². The van der Waals surface area contributed by atoms with E-state index in [2.05, 4.69) is 0 Å².